The summed E-state index contributed by atoms with van der Waals surface area (Å²) >= 11 is 0. The molecule has 2 rings (SSSR count). The molecule has 0 bridgehead atoms. The first-order chi connectivity index (χ1) is 10.6. The van der Waals surface area contributed by atoms with Crippen LogP contribution in [0.15, 0.2) is 42.5 Å². The molecule has 0 saturated carbocycles. The highest BCUT2D eigenvalue weighted by atomic mass is 16.5. The molecular weight excluding hydrogens is 270 g/mol. The lowest BCUT2D eigenvalue weighted by molar-refractivity contribution is 0.303. The van der Waals surface area contributed by atoms with E-state index in [0.29, 0.717) is 6.61 Å². The van der Waals surface area contributed by atoms with Gasteiger partial charge in [0, 0.05) is 0 Å². The van der Waals surface area contributed by atoms with Crippen molar-refractivity contribution in [1.82, 2.24) is 0 Å². The van der Waals surface area contributed by atoms with Gasteiger partial charge in [0.1, 0.15) is 5.75 Å². The fourth-order valence-electron chi connectivity index (χ4n) is 2.55. The maximum atomic E-state index is 9.32. The molecule has 0 fully saturated rings. The van der Waals surface area contributed by atoms with E-state index in [1.807, 2.05) is 30.3 Å². The molecule has 0 spiro atoms. The normalized spacial score (nSPS) is 11.7. The quantitative estimate of drug-likeness (QED) is 0.696. The first-order valence-corrected chi connectivity index (χ1v) is 7.77. The minimum atomic E-state index is -0.0503. The summed E-state index contributed by atoms with van der Waals surface area (Å²) in [6, 6.07) is 16.6. The van der Waals surface area contributed by atoms with Crippen LogP contribution in [0.25, 0.3) is 0 Å². The molecule has 2 aromatic carbocycles. The largest absolute Gasteiger partial charge is 0.493 e. The minimum Gasteiger partial charge on any atom is -0.493 e. The number of hydrogen-bond donors (Lipinski definition) is 0. The molecule has 2 aromatic rings. The van der Waals surface area contributed by atoms with E-state index in [0.717, 1.165) is 24.2 Å². The molecule has 2 heteroatoms. The SMILES string of the molecule is Cc1cc(C)c(OCCCC(C#N)c2ccccc2)cc1C. The highest BCUT2D eigenvalue weighted by Gasteiger charge is 2.10. The Bertz CT molecular complexity index is 655. The third-order valence-electron chi connectivity index (χ3n) is 4.04. The molecule has 2 nitrogen and oxygen atoms in total. The number of hydrogen-bond acceptors (Lipinski definition) is 2. The Morgan fingerprint density at radius 3 is 2.36 bits per heavy atom. The standard InChI is InChI=1S/C20H23NO/c1-15-12-17(3)20(13-16(15)2)22-11-7-10-19(14-21)18-8-5-4-6-9-18/h4-6,8-9,12-13,19H,7,10-11H2,1-3H3. The fraction of sp³-hybridized carbons (Fsp3) is 0.350. The molecule has 22 heavy (non-hydrogen) atoms. The topological polar surface area (TPSA) is 33.0 Å². The third kappa shape index (κ3) is 4.11. The highest BCUT2D eigenvalue weighted by Crippen LogP contribution is 2.24. The van der Waals surface area contributed by atoms with Gasteiger partial charge in [-0.25, -0.2) is 0 Å². The zero-order valence-electron chi connectivity index (χ0n) is 13.6. The summed E-state index contributed by atoms with van der Waals surface area (Å²) in [5.41, 5.74) is 4.80. The molecule has 0 aliphatic heterocycles. The summed E-state index contributed by atoms with van der Waals surface area (Å²) in [5, 5.41) is 9.32. The van der Waals surface area contributed by atoms with Gasteiger partial charge in [0.25, 0.3) is 0 Å². The maximum absolute atomic E-state index is 9.32. The lowest BCUT2D eigenvalue weighted by Gasteiger charge is -2.13. The molecule has 0 aromatic heterocycles. The molecule has 114 valence electrons. The van der Waals surface area contributed by atoms with Gasteiger partial charge in [0.05, 0.1) is 18.6 Å². The predicted molar refractivity (Wildman–Crippen MR) is 90.2 cm³/mol. The zero-order chi connectivity index (χ0) is 15.9. The van der Waals surface area contributed by atoms with Gasteiger partial charge >= 0.3 is 0 Å². The van der Waals surface area contributed by atoms with Crippen LogP contribution in [-0.2, 0) is 0 Å². The Labute approximate surface area is 133 Å². The molecule has 0 aliphatic carbocycles. The van der Waals surface area contributed by atoms with Crippen LogP contribution < -0.4 is 4.74 Å². The minimum absolute atomic E-state index is 0.0503. The van der Waals surface area contributed by atoms with Crippen LogP contribution in [0.5, 0.6) is 5.75 Å². The fourth-order valence-corrected chi connectivity index (χ4v) is 2.55. The van der Waals surface area contributed by atoms with E-state index < -0.39 is 0 Å². The van der Waals surface area contributed by atoms with Gasteiger partial charge in [-0.2, -0.15) is 5.26 Å². The van der Waals surface area contributed by atoms with E-state index in [4.69, 9.17) is 4.74 Å². The van der Waals surface area contributed by atoms with Gasteiger partial charge in [0.2, 0.25) is 0 Å². The molecular formula is C20H23NO. The van der Waals surface area contributed by atoms with Gasteiger partial charge < -0.3 is 4.74 Å². The molecule has 0 saturated heterocycles. The van der Waals surface area contributed by atoms with E-state index in [1.54, 1.807) is 0 Å². The lowest BCUT2D eigenvalue weighted by Crippen LogP contribution is -2.03. The summed E-state index contributed by atoms with van der Waals surface area (Å²) < 4.78 is 5.89. The van der Waals surface area contributed by atoms with E-state index in [2.05, 4.69) is 39.0 Å². The number of ether oxygens (including phenoxy) is 1. The van der Waals surface area contributed by atoms with Crippen molar-refractivity contribution in [2.45, 2.75) is 39.5 Å². The van der Waals surface area contributed by atoms with Crippen LogP contribution >= 0.6 is 0 Å². The van der Waals surface area contributed by atoms with Crippen molar-refractivity contribution in [3.8, 4) is 11.8 Å². The summed E-state index contributed by atoms with van der Waals surface area (Å²) in [6.07, 6.45) is 1.70. The maximum Gasteiger partial charge on any atom is 0.122 e. The monoisotopic (exact) mass is 293 g/mol. The highest BCUT2D eigenvalue weighted by molar-refractivity contribution is 5.40. The van der Waals surface area contributed by atoms with Gasteiger partial charge in [-0.1, -0.05) is 36.4 Å². The molecule has 0 radical (unpaired) electrons. The molecule has 0 heterocycles. The Morgan fingerprint density at radius 2 is 1.68 bits per heavy atom. The molecule has 0 N–H and O–H groups in total. The molecule has 1 atom stereocenters. The van der Waals surface area contributed by atoms with Crippen LogP contribution in [0.1, 0.15) is 41.0 Å². The van der Waals surface area contributed by atoms with Crippen LogP contribution in [0.4, 0.5) is 0 Å². The second-order valence-corrected chi connectivity index (χ2v) is 5.79. The van der Waals surface area contributed by atoms with Crippen LogP contribution in [0.2, 0.25) is 0 Å². The molecule has 0 amide bonds. The first-order valence-electron chi connectivity index (χ1n) is 7.77. The smallest absolute Gasteiger partial charge is 0.122 e. The van der Waals surface area contributed by atoms with E-state index in [-0.39, 0.29) is 5.92 Å². The van der Waals surface area contributed by atoms with Gasteiger partial charge in [-0.05, 0) is 61.9 Å². The van der Waals surface area contributed by atoms with Crippen molar-refractivity contribution in [2.75, 3.05) is 6.61 Å². The van der Waals surface area contributed by atoms with Gasteiger partial charge in [-0.15, -0.1) is 0 Å². The summed E-state index contributed by atoms with van der Waals surface area (Å²) in [7, 11) is 0. The van der Waals surface area contributed by atoms with E-state index in [1.165, 1.54) is 16.7 Å². The summed E-state index contributed by atoms with van der Waals surface area (Å²) in [6.45, 7) is 6.93. The van der Waals surface area contributed by atoms with Gasteiger partial charge in [-0.3, -0.25) is 0 Å². The van der Waals surface area contributed by atoms with E-state index in [9.17, 15) is 5.26 Å². The Hall–Kier alpha value is -2.27. The second-order valence-electron chi connectivity index (χ2n) is 5.79. The third-order valence-corrected chi connectivity index (χ3v) is 4.04. The van der Waals surface area contributed by atoms with Crippen LogP contribution in [-0.4, -0.2) is 6.61 Å². The van der Waals surface area contributed by atoms with Crippen LogP contribution in [0, 0.1) is 32.1 Å². The second kappa shape index (κ2) is 7.66. The van der Waals surface area contributed by atoms with Crippen molar-refractivity contribution in [2.24, 2.45) is 0 Å². The average molecular weight is 293 g/mol. The van der Waals surface area contributed by atoms with Gasteiger partial charge in [0.15, 0.2) is 0 Å². The Morgan fingerprint density at radius 1 is 1.00 bits per heavy atom. The number of nitriles is 1. The number of benzene rings is 2. The first kappa shape index (κ1) is 16.1. The van der Waals surface area contributed by atoms with Crippen molar-refractivity contribution in [3.63, 3.8) is 0 Å². The van der Waals surface area contributed by atoms with Crippen molar-refractivity contribution >= 4 is 0 Å². The molecule has 0 aliphatic rings. The summed E-state index contributed by atoms with van der Waals surface area (Å²) in [5.74, 6) is 0.905. The zero-order valence-corrected chi connectivity index (χ0v) is 13.6. The van der Waals surface area contributed by atoms with E-state index >= 15 is 0 Å². The molecule has 1 unspecified atom stereocenters. The Kier molecular flexibility index (Phi) is 5.61. The van der Waals surface area contributed by atoms with Crippen molar-refractivity contribution in [3.05, 3.63) is 64.7 Å². The average Bonchev–Trinajstić information content (AvgIpc) is 2.53. The summed E-state index contributed by atoms with van der Waals surface area (Å²) in [4.78, 5) is 0. The van der Waals surface area contributed by atoms with Crippen molar-refractivity contribution < 1.29 is 4.74 Å². The predicted octanol–water partition coefficient (Wildman–Crippen LogP) is 5.08. The number of rotatable bonds is 6. The number of nitrogens with zero attached hydrogens (tertiary/aromatic N) is 1. The number of aryl methyl sites for hydroxylation is 3. The lowest BCUT2D eigenvalue weighted by atomic mass is 9.96. The Balaban J connectivity index is 1.87. The van der Waals surface area contributed by atoms with Crippen molar-refractivity contribution in [1.29, 1.82) is 5.26 Å². The van der Waals surface area contributed by atoms with Crippen LogP contribution in [0.3, 0.4) is 0 Å².